The molecule has 2 aromatic heterocycles. The number of nitrogens with zero attached hydrogens (tertiary/aromatic N) is 5. The van der Waals surface area contributed by atoms with Gasteiger partial charge in [0.2, 0.25) is 0 Å². The van der Waals surface area contributed by atoms with Crippen LogP contribution in [0, 0.1) is 0 Å². The molecule has 0 amide bonds. The Morgan fingerprint density at radius 1 is 1.06 bits per heavy atom. The predicted molar refractivity (Wildman–Crippen MR) is 138 cm³/mol. The van der Waals surface area contributed by atoms with Crippen LogP contribution in [0.3, 0.4) is 0 Å². The Morgan fingerprint density at radius 3 is 2.50 bits per heavy atom. The van der Waals surface area contributed by atoms with Crippen LogP contribution in [0.15, 0.2) is 42.7 Å². The summed E-state index contributed by atoms with van der Waals surface area (Å²) in [4.78, 5) is 18.5. The SMILES string of the molecule is CC.CN1CCN(c2ccc(-c3cc4nccnc4c(NCC4(F)CCCNC4)n3)cc2)CC1. The van der Waals surface area contributed by atoms with Gasteiger partial charge >= 0.3 is 0 Å². The Labute approximate surface area is 201 Å². The second-order valence-corrected chi connectivity index (χ2v) is 8.90. The minimum atomic E-state index is -1.28. The molecule has 0 radical (unpaired) electrons. The molecule has 2 aliphatic heterocycles. The summed E-state index contributed by atoms with van der Waals surface area (Å²) in [6, 6.07) is 10.5. The molecule has 34 heavy (non-hydrogen) atoms. The summed E-state index contributed by atoms with van der Waals surface area (Å²) in [5, 5.41) is 6.38. The van der Waals surface area contributed by atoms with Crippen molar-refractivity contribution in [3.63, 3.8) is 0 Å². The van der Waals surface area contributed by atoms with E-state index in [4.69, 9.17) is 4.98 Å². The summed E-state index contributed by atoms with van der Waals surface area (Å²) in [7, 11) is 2.16. The van der Waals surface area contributed by atoms with Crippen molar-refractivity contribution >= 4 is 22.5 Å². The summed E-state index contributed by atoms with van der Waals surface area (Å²) in [5.74, 6) is 0.580. The lowest BCUT2D eigenvalue weighted by Crippen LogP contribution is -2.46. The van der Waals surface area contributed by atoms with Gasteiger partial charge in [0.15, 0.2) is 5.82 Å². The van der Waals surface area contributed by atoms with Crippen LogP contribution in [-0.2, 0) is 0 Å². The summed E-state index contributed by atoms with van der Waals surface area (Å²) >= 11 is 0. The molecule has 1 unspecified atom stereocenters. The highest BCUT2D eigenvalue weighted by Crippen LogP contribution is 2.29. The van der Waals surface area contributed by atoms with Crippen LogP contribution in [0.25, 0.3) is 22.3 Å². The van der Waals surface area contributed by atoms with E-state index in [1.54, 1.807) is 12.4 Å². The van der Waals surface area contributed by atoms with E-state index in [1.807, 2.05) is 19.9 Å². The number of benzene rings is 1. The number of hydrogen-bond donors (Lipinski definition) is 2. The first kappa shape index (κ1) is 24.3. The van der Waals surface area contributed by atoms with Gasteiger partial charge in [-0.1, -0.05) is 26.0 Å². The van der Waals surface area contributed by atoms with E-state index in [0.717, 1.165) is 55.9 Å². The van der Waals surface area contributed by atoms with Gasteiger partial charge in [-0.05, 0) is 44.6 Å². The van der Waals surface area contributed by atoms with Crippen molar-refractivity contribution in [1.82, 2.24) is 25.2 Å². The molecule has 1 atom stereocenters. The number of piperidine rings is 1. The minimum absolute atomic E-state index is 0.199. The first-order valence-corrected chi connectivity index (χ1v) is 12.4. The number of likely N-dealkylation sites (N-methyl/N-ethyl adjacent to an activating group) is 1. The molecule has 0 spiro atoms. The van der Waals surface area contributed by atoms with Gasteiger partial charge in [-0.3, -0.25) is 4.98 Å². The number of hydrogen-bond acceptors (Lipinski definition) is 7. The molecule has 3 aromatic rings. The predicted octanol–water partition coefficient (Wildman–Crippen LogP) is 3.97. The molecule has 8 heteroatoms. The molecule has 1 aromatic carbocycles. The molecule has 0 saturated carbocycles. The van der Waals surface area contributed by atoms with Crippen LogP contribution in [0.1, 0.15) is 26.7 Å². The molecule has 7 nitrogen and oxygen atoms in total. The second-order valence-electron chi connectivity index (χ2n) is 8.90. The Balaban J connectivity index is 0.00000133. The Hall–Kier alpha value is -2.84. The van der Waals surface area contributed by atoms with Crippen molar-refractivity contribution in [2.45, 2.75) is 32.4 Å². The van der Waals surface area contributed by atoms with Crippen LogP contribution < -0.4 is 15.5 Å². The topological polar surface area (TPSA) is 69.2 Å². The second kappa shape index (κ2) is 11.1. The molecular formula is C26H36FN7. The van der Waals surface area contributed by atoms with E-state index in [1.165, 1.54) is 5.69 Å². The van der Waals surface area contributed by atoms with Gasteiger partial charge in [0, 0.05) is 56.4 Å². The van der Waals surface area contributed by atoms with Crippen LogP contribution in [0.4, 0.5) is 15.9 Å². The molecule has 2 N–H and O–H groups in total. The lowest BCUT2D eigenvalue weighted by Gasteiger charge is -2.34. The van der Waals surface area contributed by atoms with E-state index in [9.17, 15) is 0 Å². The van der Waals surface area contributed by atoms with Gasteiger partial charge in [-0.15, -0.1) is 0 Å². The standard InChI is InChI=1S/C24H30FN7.C2H6/c1-31-11-13-32(14-12-31)19-5-3-18(4-6-19)20-15-21-22(28-10-9-27-21)23(30-20)29-17-24(25)7-2-8-26-16-24;1-2/h3-6,9-10,15,26H,2,7-8,11-14,16-17H2,1H3,(H,29,30);1-2H3. The van der Waals surface area contributed by atoms with Crippen LogP contribution in [0.2, 0.25) is 0 Å². The number of nitrogens with one attached hydrogen (secondary N) is 2. The Morgan fingerprint density at radius 2 is 1.79 bits per heavy atom. The highest BCUT2D eigenvalue weighted by Gasteiger charge is 2.31. The third kappa shape index (κ3) is 5.62. The third-order valence-corrected chi connectivity index (χ3v) is 6.48. The van der Waals surface area contributed by atoms with Crippen molar-refractivity contribution in [2.75, 3.05) is 63.1 Å². The number of anilines is 2. The van der Waals surface area contributed by atoms with Crippen molar-refractivity contribution < 1.29 is 4.39 Å². The number of fused-ring (bicyclic) bond motifs is 1. The van der Waals surface area contributed by atoms with E-state index in [2.05, 4.69) is 61.7 Å². The zero-order chi connectivity index (χ0) is 24.0. The maximum absolute atomic E-state index is 15.1. The summed E-state index contributed by atoms with van der Waals surface area (Å²) in [5.41, 5.74) is 3.17. The largest absolute Gasteiger partial charge is 0.369 e. The molecule has 2 fully saturated rings. The fourth-order valence-electron chi connectivity index (χ4n) is 4.47. The molecule has 0 aliphatic carbocycles. The summed E-state index contributed by atoms with van der Waals surface area (Å²) in [6.45, 7) is 9.65. The molecule has 5 rings (SSSR count). The first-order chi connectivity index (χ1) is 16.6. The highest BCUT2D eigenvalue weighted by atomic mass is 19.1. The molecule has 0 bridgehead atoms. The van der Waals surface area contributed by atoms with E-state index in [0.29, 0.717) is 24.3 Å². The van der Waals surface area contributed by atoms with Crippen LogP contribution >= 0.6 is 0 Å². The van der Waals surface area contributed by atoms with Crippen molar-refractivity contribution in [2.24, 2.45) is 0 Å². The lowest BCUT2D eigenvalue weighted by atomic mass is 9.96. The van der Waals surface area contributed by atoms with Gasteiger partial charge < -0.3 is 20.4 Å². The van der Waals surface area contributed by atoms with Crippen LogP contribution in [0.5, 0.6) is 0 Å². The molecule has 2 saturated heterocycles. The summed E-state index contributed by atoms with van der Waals surface area (Å²) in [6.07, 6.45) is 4.71. The Kier molecular flexibility index (Phi) is 7.90. The van der Waals surface area contributed by atoms with E-state index >= 15 is 4.39 Å². The number of piperazine rings is 1. The number of pyridine rings is 1. The van der Waals surface area contributed by atoms with Gasteiger partial charge in [0.25, 0.3) is 0 Å². The third-order valence-electron chi connectivity index (χ3n) is 6.48. The normalized spacial score (nSPS) is 21.1. The summed E-state index contributed by atoms with van der Waals surface area (Å²) < 4.78 is 15.1. The molecule has 2 aliphatic rings. The van der Waals surface area contributed by atoms with Crippen molar-refractivity contribution in [3.8, 4) is 11.3 Å². The van der Waals surface area contributed by atoms with Crippen molar-refractivity contribution in [3.05, 3.63) is 42.7 Å². The first-order valence-electron chi connectivity index (χ1n) is 12.4. The number of alkyl halides is 1. The number of aromatic nitrogens is 3. The van der Waals surface area contributed by atoms with Gasteiger partial charge in [-0.25, -0.2) is 14.4 Å². The lowest BCUT2D eigenvalue weighted by molar-refractivity contribution is 0.137. The number of rotatable bonds is 5. The van der Waals surface area contributed by atoms with E-state index < -0.39 is 5.67 Å². The quantitative estimate of drug-likeness (QED) is 0.591. The number of halogens is 1. The highest BCUT2D eigenvalue weighted by molar-refractivity contribution is 5.88. The van der Waals surface area contributed by atoms with Gasteiger partial charge in [0.1, 0.15) is 11.2 Å². The fraction of sp³-hybridized carbons (Fsp3) is 0.500. The molecule has 182 valence electrons. The average molecular weight is 466 g/mol. The Bertz CT molecular complexity index is 1060. The van der Waals surface area contributed by atoms with Gasteiger partial charge in [0.05, 0.1) is 17.8 Å². The van der Waals surface area contributed by atoms with E-state index in [-0.39, 0.29) is 6.54 Å². The molecule has 4 heterocycles. The smallest absolute Gasteiger partial charge is 0.155 e. The van der Waals surface area contributed by atoms with Crippen LogP contribution in [-0.4, -0.2) is 78.4 Å². The zero-order valence-corrected chi connectivity index (χ0v) is 20.5. The monoisotopic (exact) mass is 465 g/mol. The average Bonchev–Trinajstić information content (AvgIpc) is 2.89. The van der Waals surface area contributed by atoms with Crippen molar-refractivity contribution in [1.29, 1.82) is 0 Å². The maximum atomic E-state index is 15.1. The molecular weight excluding hydrogens is 429 g/mol. The minimum Gasteiger partial charge on any atom is -0.369 e. The zero-order valence-electron chi connectivity index (χ0n) is 20.5. The van der Waals surface area contributed by atoms with Gasteiger partial charge in [-0.2, -0.15) is 0 Å². The maximum Gasteiger partial charge on any atom is 0.155 e. The fourth-order valence-corrected chi connectivity index (χ4v) is 4.47.